The molecule has 1 heterocycles. The van der Waals surface area contributed by atoms with Gasteiger partial charge in [-0.3, -0.25) is 0 Å². The monoisotopic (exact) mass is 318 g/mol. The molecule has 0 amide bonds. The molecule has 0 atom stereocenters. The van der Waals surface area contributed by atoms with Crippen molar-refractivity contribution >= 4 is 0 Å². The molecule has 0 saturated heterocycles. The van der Waals surface area contributed by atoms with E-state index in [2.05, 4.69) is 16.4 Å². The first kappa shape index (κ1) is 15.8. The Hall–Kier alpha value is -3.13. The predicted molar refractivity (Wildman–Crippen MR) is 90.7 cm³/mol. The van der Waals surface area contributed by atoms with E-state index < -0.39 is 0 Å². The SMILES string of the molecule is Cc1cccc(OCCn2nnc(C#N)c2Cc2ccccc2)c1. The van der Waals surface area contributed by atoms with Crippen LogP contribution in [-0.4, -0.2) is 21.6 Å². The summed E-state index contributed by atoms with van der Waals surface area (Å²) < 4.78 is 7.52. The molecule has 0 bridgehead atoms. The zero-order valence-corrected chi connectivity index (χ0v) is 13.5. The second-order valence-electron chi connectivity index (χ2n) is 5.55. The maximum atomic E-state index is 9.25. The largest absolute Gasteiger partial charge is 0.492 e. The van der Waals surface area contributed by atoms with E-state index in [1.54, 1.807) is 4.68 Å². The number of rotatable bonds is 6. The number of aromatic nitrogens is 3. The molecule has 0 N–H and O–H groups in total. The van der Waals surface area contributed by atoms with Crippen molar-refractivity contribution in [2.24, 2.45) is 0 Å². The van der Waals surface area contributed by atoms with E-state index in [1.165, 1.54) is 0 Å². The van der Waals surface area contributed by atoms with Gasteiger partial charge in [-0.2, -0.15) is 5.26 Å². The standard InChI is InChI=1S/C19H18N4O/c1-15-6-5-9-17(12-15)24-11-10-23-19(18(14-20)21-22-23)13-16-7-3-2-4-8-16/h2-9,12H,10-11,13H2,1H3. The number of nitriles is 1. The van der Waals surface area contributed by atoms with Crippen LogP contribution in [0.2, 0.25) is 0 Å². The van der Waals surface area contributed by atoms with E-state index in [9.17, 15) is 5.26 Å². The zero-order chi connectivity index (χ0) is 16.8. The summed E-state index contributed by atoms with van der Waals surface area (Å²) in [5, 5.41) is 17.3. The Kier molecular flexibility index (Phi) is 4.87. The van der Waals surface area contributed by atoms with Gasteiger partial charge in [0.05, 0.1) is 12.2 Å². The molecule has 0 aliphatic rings. The first-order valence-corrected chi connectivity index (χ1v) is 7.82. The molecule has 0 spiro atoms. The average Bonchev–Trinajstić information content (AvgIpc) is 2.98. The minimum Gasteiger partial charge on any atom is -0.492 e. The fourth-order valence-corrected chi connectivity index (χ4v) is 2.52. The summed E-state index contributed by atoms with van der Waals surface area (Å²) in [6.07, 6.45) is 0.626. The Bertz CT molecular complexity index is 849. The van der Waals surface area contributed by atoms with Crippen molar-refractivity contribution < 1.29 is 4.74 Å². The van der Waals surface area contributed by atoms with Gasteiger partial charge < -0.3 is 4.74 Å². The van der Waals surface area contributed by atoms with Crippen LogP contribution in [0.1, 0.15) is 22.5 Å². The van der Waals surface area contributed by atoms with Crippen molar-refractivity contribution in [3.63, 3.8) is 0 Å². The van der Waals surface area contributed by atoms with Crippen LogP contribution >= 0.6 is 0 Å². The van der Waals surface area contributed by atoms with Gasteiger partial charge in [0, 0.05) is 6.42 Å². The van der Waals surface area contributed by atoms with Crippen molar-refractivity contribution in [2.75, 3.05) is 6.61 Å². The van der Waals surface area contributed by atoms with E-state index in [4.69, 9.17) is 4.74 Å². The third-order valence-electron chi connectivity index (χ3n) is 3.72. The molecule has 5 heteroatoms. The van der Waals surface area contributed by atoms with Gasteiger partial charge in [-0.05, 0) is 30.2 Å². The molecule has 5 nitrogen and oxygen atoms in total. The molecule has 3 rings (SSSR count). The van der Waals surface area contributed by atoms with Gasteiger partial charge in [-0.15, -0.1) is 5.10 Å². The Labute approximate surface area is 141 Å². The smallest absolute Gasteiger partial charge is 0.186 e. The van der Waals surface area contributed by atoms with E-state index >= 15 is 0 Å². The molecule has 0 saturated carbocycles. The summed E-state index contributed by atoms with van der Waals surface area (Å²) in [6.45, 7) is 3.05. The highest BCUT2D eigenvalue weighted by Gasteiger charge is 2.13. The van der Waals surface area contributed by atoms with Gasteiger partial charge in [0.1, 0.15) is 18.4 Å². The van der Waals surface area contributed by atoms with Crippen LogP contribution in [0.25, 0.3) is 0 Å². The third-order valence-corrected chi connectivity index (χ3v) is 3.72. The van der Waals surface area contributed by atoms with Crippen molar-refractivity contribution in [2.45, 2.75) is 19.9 Å². The molecule has 24 heavy (non-hydrogen) atoms. The summed E-state index contributed by atoms with van der Waals surface area (Å²) in [5.41, 5.74) is 3.47. The third kappa shape index (κ3) is 3.79. The van der Waals surface area contributed by atoms with Crippen LogP contribution in [0.3, 0.4) is 0 Å². The van der Waals surface area contributed by atoms with Crippen LogP contribution in [0, 0.1) is 18.3 Å². The quantitative estimate of drug-likeness (QED) is 0.700. The molecule has 0 unspecified atom stereocenters. The summed E-state index contributed by atoms with van der Waals surface area (Å²) in [4.78, 5) is 0. The first-order valence-electron chi connectivity index (χ1n) is 7.82. The lowest BCUT2D eigenvalue weighted by atomic mass is 10.1. The lowest BCUT2D eigenvalue weighted by Gasteiger charge is -2.09. The van der Waals surface area contributed by atoms with Crippen LogP contribution < -0.4 is 4.74 Å². The van der Waals surface area contributed by atoms with E-state index in [1.807, 2.05) is 61.5 Å². The van der Waals surface area contributed by atoms with Crippen LogP contribution in [-0.2, 0) is 13.0 Å². The highest BCUT2D eigenvalue weighted by atomic mass is 16.5. The Morgan fingerprint density at radius 3 is 2.71 bits per heavy atom. The molecule has 0 aliphatic carbocycles. The molecule has 1 aromatic heterocycles. The first-order chi connectivity index (χ1) is 11.8. The van der Waals surface area contributed by atoms with E-state index in [0.717, 1.165) is 22.6 Å². The maximum absolute atomic E-state index is 9.25. The van der Waals surface area contributed by atoms with Crippen molar-refractivity contribution in [1.29, 1.82) is 5.26 Å². The topological polar surface area (TPSA) is 63.7 Å². The van der Waals surface area contributed by atoms with Gasteiger partial charge in [0.15, 0.2) is 5.69 Å². The van der Waals surface area contributed by atoms with Crippen molar-refractivity contribution in [1.82, 2.24) is 15.0 Å². The fraction of sp³-hybridized carbons (Fsp3) is 0.211. The molecule has 2 aromatic carbocycles. The van der Waals surface area contributed by atoms with Crippen LogP contribution in [0.4, 0.5) is 0 Å². The maximum Gasteiger partial charge on any atom is 0.186 e. The average molecular weight is 318 g/mol. The number of benzene rings is 2. The van der Waals surface area contributed by atoms with E-state index in [0.29, 0.717) is 25.3 Å². The van der Waals surface area contributed by atoms with Crippen molar-refractivity contribution in [3.05, 3.63) is 77.1 Å². The Morgan fingerprint density at radius 1 is 1.12 bits per heavy atom. The Balaban J connectivity index is 1.69. The highest BCUT2D eigenvalue weighted by Crippen LogP contribution is 2.14. The number of hydrogen-bond donors (Lipinski definition) is 0. The van der Waals surface area contributed by atoms with Gasteiger partial charge >= 0.3 is 0 Å². The van der Waals surface area contributed by atoms with Crippen LogP contribution in [0.5, 0.6) is 5.75 Å². The molecule has 0 radical (unpaired) electrons. The summed E-state index contributed by atoms with van der Waals surface area (Å²) in [6, 6.07) is 20.0. The molecule has 0 fully saturated rings. The minimum absolute atomic E-state index is 0.370. The number of hydrogen-bond acceptors (Lipinski definition) is 4. The van der Waals surface area contributed by atoms with E-state index in [-0.39, 0.29) is 0 Å². The van der Waals surface area contributed by atoms with Gasteiger partial charge in [-0.1, -0.05) is 47.7 Å². The lowest BCUT2D eigenvalue weighted by molar-refractivity contribution is 0.287. The zero-order valence-electron chi connectivity index (χ0n) is 13.5. The van der Waals surface area contributed by atoms with Gasteiger partial charge in [0.25, 0.3) is 0 Å². The highest BCUT2D eigenvalue weighted by molar-refractivity contribution is 5.31. The summed E-state index contributed by atoms with van der Waals surface area (Å²) >= 11 is 0. The van der Waals surface area contributed by atoms with Gasteiger partial charge in [0.2, 0.25) is 0 Å². The van der Waals surface area contributed by atoms with Crippen molar-refractivity contribution in [3.8, 4) is 11.8 Å². The van der Waals surface area contributed by atoms with Crippen LogP contribution in [0.15, 0.2) is 54.6 Å². The summed E-state index contributed by atoms with van der Waals surface area (Å²) in [5.74, 6) is 0.834. The predicted octanol–water partition coefficient (Wildman–Crippen LogP) is 3.13. The molecule has 0 aliphatic heterocycles. The number of ether oxygens (including phenoxy) is 1. The fourth-order valence-electron chi connectivity index (χ4n) is 2.52. The second-order valence-corrected chi connectivity index (χ2v) is 5.55. The minimum atomic E-state index is 0.370. The molecular formula is C19H18N4O. The molecule has 120 valence electrons. The normalized spacial score (nSPS) is 10.3. The molecular weight excluding hydrogens is 300 g/mol. The van der Waals surface area contributed by atoms with Gasteiger partial charge in [-0.25, -0.2) is 4.68 Å². The summed E-state index contributed by atoms with van der Waals surface area (Å²) in [7, 11) is 0. The number of aryl methyl sites for hydroxylation is 1. The lowest BCUT2D eigenvalue weighted by Crippen LogP contribution is -2.13. The number of nitrogens with zero attached hydrogens (tertiary/aromatic N) is 4. The Morgan fingerprint density at radius 2 is 1.96 bits per heavy atom. The molecule has 3 aromatic rings. The second kappa shape index (κ2) is 7.42.